The summed E-state index contributed by atoms with van der Waals surface area (Å²) < 4.78 is 37.9. The summed E-state index contributed by atoms with van der Waals surface area (Å²) in [5, 5.41) is 13.2. The van der Waals surface area contributed by atoms with E-state index in [4.69, 9.17) is 9.47 Å². The van der Waals surface area contributed by atoms with Crippen LogP contribution in [0.1, 0.15) is 0 Å². The van der Waals surface area contributed by atoms with E-state index in [0.717, 1.165) is 0 Å². The molecule has 2 aromatic rings. The van der Waals surface area contributed by atoms with Crippen molar-refractivity contribution >= 4 is 32.7 Å². The first-order valence-electron chi connectivity index (χ1n) is 8.33. The van der Waals surface area contributed by atoms with Crippen LogP contribution in [0.4, 0.5) is 11.4 Å². The zero-order valence-corrected chi connectivity index (χ0v) is 15.9. The summed E-state index contributed by atoms with van der Waals surface area (Å²) in [5.41, 5.74) is 0.339. The van der Waals surface area contributed by atoms with Gasteiger partial charge in [0.1, 0.15) is 23.1 Å². The molecule has 4 rings (SSSR count). The van der Waals surface area contributed by atoms with Gasteiger partial charge in [-0.2, -0.15) is 4.31 Å². The van der Waals surface area contributed by atoms with Crippen molar-refractivity contribution in [1.29, 1.82) is 0 Å². The van der Waals surface area contributed by atoms with Crippen LogP contribution in [0, 0.1) is 10.1 Å². The van der Waals surface area contributed by atoms with Crippen molar-refractivity contribution in [2.24, 2.45) is 0 Å². The van der Waals surface area contributed by atoms with E-state index < -0.39 is 14.9 Å². The van der Waals surface area contributed by atoms with Crippen molar-refractivity contribution in [2.45, 2.75) is 4.21 Å². The SMILES string of the molecule is O=[N+]([O-])c1cc2c(cc1N1CCN(S(=O)(=O)c3cccs3)CC1)OCCO2. The Hall–Kier alpha value is -2.37. The molecule has 3 heterocycles. The summed E-state index contributed by atoms with van der Waals surface area (Å²) in [5.74, 6) is 0.825. The van der Waals surface area contributed by atoms with E-state index in [1.54, 1.807) is 23.6 Å². The number of benzene rings is 1. The number of sulfonamides is 1. The number of nitro groups is 1. The zero-order chi connectivity index (χ0) is 19.0. The van der Waals surface area contributed by atoms with E-state index in [2.05, 4.69) is 0 Å². The lowest BCUT2D eigenvalue weighted by molar-refractivity contribution is -0.384. The largest absolute Gasteiger partial charge is 0.486 e. The van der Waals surface area contributed by atoms with Crippen LogP contribution in [-0.4, -0.2) is 57.0 Å². The van der Waals surface area contributed by atoms with E-state index in [9.17, 15) is 18.5 Å². The van der Waals surface area contributed by atoms with Gasteiger partial charge in [-0.05, 0) is 11.4 Å². The van der Waals surface area contributed by atoms with Crippen LogP contribution < -0.4 is 14.4 Å². The maximum Gasteiger partial charge on any atom is 0.296 e. The van der Waals surface area contributed by atoms with E-state index in [0.29, 0.717) is 47.7 Å². The van der Waals surface area contributed by atoms with E-state index in [1.807, 2.05) is 4.90 Å². The molecule has 0 radical (unpaired) electrons. The highest BCUT2D eigenvalue weighted by atomic mass is 32.2. The van der Waals surface area contributed by atoms with Gasteiger partial charge in [0, 0.05) is 32.2 Å². The van der Waals surface area contributed by atoms with Crippen LogP contribution in [0.2, 0.25) is 0 Å². The Balaban J connectivity index is 1.57. The van der Waals surface area contributed by atoms with Gasteiger partial charge in [0.2, 0.25) is 0 Å². The molecule has 1 fully saturated rings. The highest BCUT2D eigenvalue weighted by molar-refractivity contribution is 7.91. The Bertz CT molecular complexity index is 953. The Morgan fingerprint density at radius 1 is 1.07 bits per heavy atom. The topological polar surface area (TPSA) is 102 Å². The minimum atomic E-state index is -3.52. The summed E-state index contributed by atoms with van der Waals surface area (Å²) in [7, 11) is -3.52. The first-order chi connectivity index (χ1) is 13.0. The van der Waals surface area contributed by atoms with Crippen molar-refractivity contribution < 1.29 is 22.8 Å². The molecule has 1 saturated heterocycles. The first kappa shape index (κ1) is 18.0. The molecule has 144 valence electrons. The van der Waals surface area contributed by atoms with Crippen molar-refractivity contribution in [3.8, 4) is 11.5 Å². The van der Waals surface area contributed by atoms with Crippen LogP contribution >= 0.6 is 11.3 Å². The molecule has 11 heteroatoms. The van der Waals surface area contributed by atoms with Crippen molar-refractivity contribution in [3.63, 3.8) is 0 Å². The molecule has 0 atom stereocenters. The molecule has 0 saturated carbocycles. The lowest BCUT2D eigenvalue weighted by Gasteiger charge is -2.35. The number of rotatable bonds is 4. The normalized spacial score (nSPS) is 17.7. The van der Waals surface area contributed by atoms with Gasteiger partial charge in [0.05, 0.1) is 11.0 Å². The molecule has 2 aliphatic heterocycles. The van der Waals surface area contributed by atoms with Crippen LogP contribution in [0.25, 0.3) is 0 Å². The number of nitrogens with zero attached hydrogens (tertiary/aromatic N) is 3. The fourth-order valence-corrected chi connectivity index (χ4v) is 5.74. The van der Waals surface area contributed by atoms with E-state index in [1.165, 1.54) is 21.7 Å². The number of nitro benzene ring substituents is 1. The van der Waals surface area contributed by atoms with Crippen molar-refractivity contribution in [3.05, 3.63) is 39.8 Å². The molecule has 0 unspecified atom stereocenters. The standard InChI is InChI=1S/C16H17N3O6S2/c20-19(21)13-11-15-14(24-7-8-25-15)10-12(13)17-3-5-18(6-4-17)27(22,23)16-2-1-9-26-16/h1-2,9-11H,3-8H2. The Kier molecular flexibility index (Phi) is 4.66. The third-order valence-electron chi connectivity index (χ3n) is 4.50. The highest BCUT2D eigenvalue weighted by Gasteiger charge is 2.32. The number of hydrogen-bond donors (Lipinski definition) is 0. The molecule has 9 nitrogen and oxygen atoms in total. The molecule has 1 aromatic carbocycles. The highest BCUT2D eigenvalue weighted by Crippen LogP contribution is 2.41. The number of fused-ring (bicyclic) bond motifs is 1. The Morgan fingerprint density at radius 2 is 1.74 bits per heavy atom. The number of ether oxygens (including phenoxy) is 2. The van der Waals surface area contributed by atoms with Gasteiger partial charge < -0.3 is 14.4 Å². The minimum Gasteiger partial charge on any atom is -0.486 e. The molecule has 1 aromatic heterocycles. The van der Waals surface area contributed by atoms with Crippen LogP contribution in [-0.2, 0) is 10.0 Å². The van der Waals surface area contributed by atoms with Crippen LogP contribution in [0.15, 0.2) is 33.9 Å². The summed E-state index contributed by atoms with van der Waals surface area (Å²) in [6.07, 6.45) is 0. The number of thiophene rings is 1. The van der Waals surface area contributed by atoms with Gasteiger partial charge in [-0.15, -0.1) is 11.3 Å². The lowest BCUT2D eigenvalue weighted by atomic mass is 10.2. The van der Waals surface area contributed by atoms with Crippen LogP contribution in [0.3, 0.4) is 0 Å². The number of anilines is 1. The monoisotopic (exact) mass is 411 g/mol. The average Bonchev–Trinajstić information content (AvgIpc) is 3.23. The van der Waals surface area contributed by atoms with Crippen molar-refractivity contribution in [1.82, 2.24) is 4.31 Å². The van der Waals surface area contributed by atoms with Gasteiger partial charge in [-0.25, -0.2) is 8.42 Å². The molecule has 0 aliphatic carbocycles. The minimum absolute atomic E-state index is 0.0752. The molecule has 2 aliphatic rings. The third-order valence-corrected chi connectivity index (χ3v) is 7.78. The lowest BCUT2D eigenvalue weighted by Crippen LogP contribution is -2.48. The Labute approximate surface area is 159 Å². The molecular formula is C16H17N3O6S2. The second-order valence-electron chi connectivity index (χ2n) is 6.06. The fraction of sp³-hybridized carbons (Fsp3) is 0.375. The molecule has 0 spiro atoms. The fourth-order valence-electron chi connectivity index (χ4n) is 3.17. The number of piperazine rings is 1. The van der Waals surface area contributed by atoms with E-state index >= 15 is 0 Å². The second kappa shape index (κ2) is 6.98. The quantitative estimate of drug-likeness (QED) is 0.560. The molecule has 27 heavy (non-hydrogen) atoms. The first-order valence-corrected chi connectivity index (χ1v) is 10.7. The maximum atomic E-state index is 12.6. The zero-order valence-electron chi connectivity index (χ0n) is 14.2. The predicted molar refractivity (Wildman–Crippen MR) is 99.4 cm³/mol. The summed E-state index contributed by atoms with van der Waals surface area (Å²) in [6, 6.07) is 6.26. The van der Waals surface area contributed by atoms with E-state index in [-0.39, 0.29) is 18.8 Å². The number of hydrogen-bond acceptors (Lipinski definition) is 8. The molecule has 0 amide bonds. The molecule has 0 bridgehead atoms. The van der Waals surface area contributed by atoms with Gasteiger partial charge in [-0.1, -0.05) is 6.07 Å². The predicted octanol–water partition coefficient (Wildman–Crippen LogP) is 1.94. The molecule has 0 N–H and O–H groups in total. The smallest absolute Gasteiger partial charge is 0.296 e. The average molecular weight is 411 g/mol. The van der Waals surface area contributed by atoms with Gasteiger partial charge in [-0.3, -0.25) is 10.1 Å². The summed E-state index contributed by atoms with van der Waals surface area (Å²) >= 11 is 1.18. The third kappa shape index (κ3) is 3.33. The second-order valence-corrected chi connectivity index (χ2v) is 9.18. The van der Waals surface area contributed by atoms with Gasteiger partial charge >= 0.3 is 0 Å². The summed E-state index contributed by atoms with van der Waals surface area (Å²) in [6.45, 7) is 1.95. The van der Waals surface area contributed by atoms with Crippen LogP contribution in [0.5, 0.6) is 11.5 Å². The van der Waals surface area contributed by atoms with Crippen molar-refractivity contribution in [2.75, 3.05) is 44.3 Å². The van der Waals surface area contributed by atoms with Gasteiger partial charge in [0.15, 0.2) is 11.5 Å². The summed E-state index contributed by atoms with van der Waals surface area (Å²) in [4.78, 5) is 12.9. The molecular weight excluding hydrogens is 394 g/mol. The van der Waals surface area contributed by atoms with Gasteiger partial charge in [0.25, 0.3) is 15.7 Å². The Morgan fingerprint density at radius 3 is 2.33 bits per heavy atom. The maximum absolute atomic E-state index is 12.6.